The SMILES string of the molecule is C=C(C)C(=O)OCCCCC[N+](C)(C)C.[Cl-]. The topological polar surface area (TPSA) is 26.3 Å². The summed E-state index contributed by atoms with van der Waals surface area (Å²) in [5.41, 5.74) is 0.473. The number of nitrogens with zero attached hydrogens (tertiary/aromatic N) is 1. The first-order chi connectivity index (χ1) is 6.83. The Hall–Kier alpha value is -0.540. The number of hydrogen-bond donors (Lipinski definition) is 0. The Morgan fingerprint density at radius 1 is 1.19 bits per heavy atom. The van der Waals surface area contributed by atoms with Crippen LogP contribution in [0, 0.1) is 0 Å². The number of ether oxygens (including phenoxy) is 1. The summed E-state index contributed by atoms with van der Waals surface area (Å²) in [6.45, 7) is 6.87. The third-order valence-corrected chi connectivity index (χ3v) is 2.05. The molecule has 0 N–H and O–H groups in total. The van der Waals surface area contributed by atoms with Crippen LogP contribution in [0.3, 0.4) is 0 Å². The minimum Gasteiger partial charge on any atom is -1.00 e. The predicted octanol–water partition coefficient (Wildman–Crippen LogP) is -1.01. The zero-order valence-corrected chi connectivity index (χ0v) is 11.6. The van der Waals surface area contributed by atoms with Gasteiger partial charge in [0.05, 0.1) is 34.3 Å². The van der Waals surface area contributed by atoms with Crippen LogP contribution in [0.15, 0.2) is 12.2 Å². The van der Waals surface area contributed by atoms with Gasteiger partial charge in [-0.15, -0.1) is 0 Å². The van der Waals surface area contributed by atoms with Gasteiger partial charge in [-0.2, -0.15) is 0 Å². The summed E-state index contributed by atoms with van der Waals surface area (Å²) in [5, 5.41) is 0. The fraction of sp³-hybridized carbons (Fsp3) is 0.750. The lowest BCUT2D eigenvalue weighted by Gasteiger charge is -2.23. The molecule has 0 aliphatic rings. The van der Waals surface area contributed by atoms with Crippen LogP contribution in [-0.2, 0) is 9.53 Å². The molecule has 0 saturated heterocycles. The molecule has 96 valence electrons. The first-order valence-electron chi connectivity index (χ1n) is 5.46. The Labute approximate surface area is 105 Å². The van der Waals surface area contributed by atoms with Crippen LogP contribution in [0.25, 0.3) is 0 Å². The third-order valence-electron chi connectivity index (χ3n) is 2.05. The van der Waals surface area contributed by atoms with E-state index in [4.69, 9.17) is 4.74 Å². The zero-order valence-electron chi connectivity index (χ0n) is 10.9. The predicted molar refractivity (Wildman–Crippen MR) is 62.5 cm³/mol. The minimum atomic E-state index is -0.276. The lowest BCUT2D eigenvalue weighted by molar-refractivity contribution is -0.870. The van der Waals surface area contributed by atoms with Crippen molar-refractivity contribution in [1.29, 1.82) is 0 Å². The van der Waals surface area contributed by atoms with E-state index in [9.17, 15) is 4.79 Å². The van der Waals surface area contributed by atoms with Crippen LogP contribution in [-0.4, -0.2) is 44.7 Å². The number of halogens is 1. The first-order valence-corrected chi connectivity index (χ1v) is 5.46. The Balaban J connectivity index is 0. The second kappa shape index (κ2) is 8.59. The summed E-state index contributed by atoms with van der Waals surface area (Å²) in [4.78, 5) is 11.0. The highest BCUT2D eigenvalue weighted by atomic mass is 35.5. The number of esters is 1. The lowest BCUT2D eigenvalue weighted by Crippen LogP contribution is -3.00. The van der Waals surface area contributed by atoms with Crippen LogP contribution in [0.5, 0.6) is 0 Å². The highest BCUT2D eigenvalue weighted by molar-refractivity contribution is 5.86. The van der Waals surface area contributed by atoms with Gasteiger partial charge in [0.15, 0.2) is 0 Å². The van der Waals surface area contributed by atoms with Gasteiger partial charge in [0.25, 0.3) is 0 Å². The normalized spacial score (nSPS) is 10.5. The average Bonchev–Trinajstić information content (AvgIpc) is 2.08. The first kappa shape index (κ1) is 17.8. The lowest BCUT2D eigenvalue weighted by atomic mass is 10.2. The van der Waals surface area contributed by atoms with E-state index in [1.807, 2.05) is 0 Å². The van der Waals surface area contributed by atoms with Crippen molar-refractivity contribution in [2.24, 2.45) is 0 Å². The van der Waals surface area contributed by atoms with Gasteiger partial charge in [-0.1, -0.05) is 6.58 Å². The number of hydrogen-bond acceptors (Lipinski definition) is 2. The van der Waals surface area contributed by atoms with Gasteiger partial charge in [-0.3, -0.25) is 0 Å². The number of unbranched alkanes of at least 4 members (excludes halogenated alkanes) is 2. The highest BCUT2D eigenvalue weighted by Crippen LogP contribution is 2.02. The highest BCUT2D eigenvalue weighted by Gasteiger charge is 2.06. The average molecular weight is 250 g/mol. The van der Waals surface area contributed by atoms with Crippen molar-refractivity contribution in [3.05, 3.63) is 12.2 Å². The molecule has 3 nitrogen and oxygen atoms in total. The second-order valence-electron chi connectivity index (χ2n) is 4.99. The largest absolute Gasteiger partial charge is 1.00 e. The van der Waals surface area contributed by atoms with Gasteiger partial charge in [0, 0.05) is 5.57 Å². The molecule has 0 aromatic rings. The molecule has 0 radical (unpaired) electrons. The van der Waals surface area contributed by atoms with Gasteiger partial charge in [-0.05, 0) is 26.2 Å². The summed E-state index contributed by atoms with van der Waals surface area (Å²) in [6.07, 6.45) is 3.23. The van der Waals surface area contributed by atoms with E-state index in [2.05, 4.69) is 27.7 Å². The molecule has 0 spiro atoms. The second-order valence-corrected chi connectivity index (χ2v) is 4.99. The Morgan fingerprint density at radius 2 is 1.75 bits per heavy atom. The summed E-state index contributed by atoms with van der Waals surface area (Å²) in [5.74, 6) is -0.276. The molecule has 0 amide bonds. The van der Waals surface area contributed by atoms with Crippen molar-refractivity contribution in [2.45, 2.75) is 26.2 Å². The summed E-state index contributed by atoms with van der Waals surface area (Å²) < 4.78 is 5.98. The maximum atomic E-state index is 11.0. The molecule has 0 bridgehead atoms. The Kier molecular flexibility index (Phi) is 9.58. The van der Waals surface area contributed by atoms with Gasteiger partial charge < -0.3 is 21.6 Å². The van der Waals surface area contributed by atoms with Gasteiger partial charge >= 0.3 is 5.97 Å². The molecule has 0 rings (SSSR count). The van der Waals surface area contributed by atoms with E-state index >= 15 is 0 Å². The number of carbonyl (C=O) groups excluding carboxylic acids is 1. The summed E-state index contributed by atoms with van der Waals surface area (Å²) in [7, 11) is 6.54. The van der Waals surface area contributed by atoms with E-state index in [0.717, 1.165) is 23.9 Å². The van der Waals surface area contributed by atoms with Crippen molar-refractivity contribution in [3.8, 4) is 0 Å². The van der Waals surface area contributed by atoms with Crippen LogP contribution in [0.1, 0.15) is 26.2 Å². The summed E-state index contributed by atoms with van der Waals surface area (Å²) >= 11 is 0. The molecule has 0 aromatic carbocycles. The van der Waals surface area contributed by atoms with Crippen LogP contribution < -0.4 is 12.4 Å². The number of carbonyl (C=O) groups is 1. The molecular weight excluding hydrogens is 226 g/mol. The van der Waals surface area contributed by atoms with Crippen LogP contribution in [0.2, 0.25) is 0 Å². The molecule has 0 saturated carbocycles. The standard InChI is InChI=1S/C12H24NO2.ClH/c1-11(2)12(14)15-10-8-6-7-9-13(3,4)5;/h1,6-10H2,2-5H3;1H/q+1;/p-1. The van der Waals surface area contributed by atoms with Crippen molar-refractivity contribution in [3.63, 3.8) is 0 Å². The van der Waals surface area contributed by atoms with Gasteiger partial charge in [-0.25, -0.2) is 4.79 Å². The van der Waals surface area contributed by atoms with Crippen molar-refractivity contribution >= 4 is 5.97 Å². The van der Waals surface area contributed by atoms with E-state index in [1.165, 1.54) is 6.42 Å². The van der Waals surface area contributed by atoms with Gasteiger partial charge in [0.1, 0.15) is 0 Å². The van der Waals surface area contributed by atoms with E-state index in [1.54, 1.807) is 6.92 Å². The summed E-state index contributed by atoms with van der Waals surface area (Å²) in [6, 6.07) is 0. The molecule has 0 atom stereocenters. The minimum absolute atomic E-state index is 0. The van der Waals surface area contributed by atoms with Crippen molar-refractivity contribution < 1.29 is 26.4 Å². The van der Waals surface area contributed by atoms with E-state index < -0.39 is 0 Å². The molecule has 0 unspecified atom stereocenters. The number of rotatable bonds is 7. The maximum absolute atomic E-state index is 11.0. The van der Waals surface area contributed by atoms with Crippen molar-refractivity contribution in [2.75, 3.05) is 34.3 Å². The maximum Gasteiger partial charge on any atom is 0.333 e. The third kappa shape index (κ3) is 11.5. The van der Waals surface area contributed by atoms with Gasteiger partial charge in [0.2, 0.25) is 0 Å². The molecule has 0 aromatic heterocycles. The Morgan fingerprint density at radius 3 is 2.19 bits per heavy atom. The molecule has 0 aliphatic carbocycles. The molecular formula is C12H24ClNO2. The quantitative estimate of drug-likeness (QED) is 0.250. The number of quaternary nitrogens is 1. The van der Waals surface area contributed by atoms with E-state index in [0.29, 0.717) is 12.2 Å². The molecule has 4 heteroatoms. The molecule has 0 fully saturated rings. The molecule has 0 heterocycles. The van der Waals surface area contributed by atoms with Crippen LogP contribution in [0.4, 0.5) is 0 Å². The fourth-order valence-corrected chi connectivity index (χ4v) is 1.15. The zero-order chi connectivity index (χ0) is 11.9. The monoisotopic (exact) mass is 249 g/mol. The Bertz CT molecular complexity index is 222. The molecule has 0 aliphatic heterocycles. The smallest absolute Gasteiger partial charge is 0.333 e. The van der Waals surface area contributed by atoms with Crippen LogP contribution >= 0.6 is 0 Å². The fourth-order valence-electron chi connectivity index (χ4n) is 1.15. The van der Waals surface area contributed by atoms with Crippen molar-refractivity contribution in [1.82, 2.24) is 0 Å². The molecule has 16 heavy (non-hydrogen) atoms. The van der Waals surface area contributed by atoms with E-state index in [-0.39, 0.29) is 18.4 Å².